The maximum atomic E-state index is 13.1. The van der Waals surface area contributed by atoms with Crippen molar-refractivity contribution >= 4 is 28.1 Å². The molecule has 1 fully saturated rings. The van der Waals surface area contributed by atoms with Gasteiger partial charge in [0.1, 0.15) is 5.01 Å². The molecule has 30 heavy (non-hydrogen) atoms. The summed E-state index contributed by atoms with van der Waals surface area (Å²) in [4.78, 5) is 26.6. The fourth-order valence-corrected chi connectivity index (χ4v) is 4.70. The van der Waals surface area contributed by atoms with Crippen LogP contribution in [0.15, 0.2) is 72.2 Å². The lowest BCUT2D eigenvalue weighted by molar-refractivity contribution is 0.0629. The van der Waals surface area contributed by atoms with Gasteiger partial charge in [-0.15, -0.1) is 11.3 Å². The summed E-state index contributed by atoms with van der Waals surface area (Å²) in [7, 11) is 0. The van der Waals surface area contributed by atoms with Gasteiger partial charge in [-0.25, -0.2) is 4.98 Å². The number of aromatic nitrogens is 2. The van der Waals surface area contributed by atoms with Crippen molar-refractivity contribution in [1.29, 1.82) is 0 Å². The van der Waals surface area contributed by atoms with Crippen LogP contribution >= 0.6 is 11.3 Å². The first-order chi connectivity index (χ1) is 14.8. The number of para-hydroxylation sites is 1. The van der Waals surface area contributed by atoms with Crippen molar-refractivity contribution in [3.63, 3.8) is 0 Å². The molecule has 0 radical (unpaired) electrons. The standard InChI is InChI=1S/C24H22N4OS/c29-24(21-10-11-25-22-9-5-4-8-20(21)22)28-14-12-27(13-15-28)16-19-17-30-23(26-19)18-6-2-1-3-7-18/h1-11,17H,12-16H2. The summed E-state index contributed by atoms with van der Waals surface area (Å²) in [6.45, 7) is 3.99. The monoisotopic (exact) mass is 414 g/mol. The van der Waals surface area contributed by atoms with Crippen LogP contribution in [0.3, 0.4) is 0 Å². The topological polar surface area (TPSA) is 49.3 Å². The summed E-state index contributed by atoms with van der Waals surface area (Å²) >= 11 is 1.69. The number of hydrogen-bond acceptors (Lipinski definition) is 5. The zero-order valence-corrected chi connectivity index (χ0v) is 17.4. The minimum absolute atomic E-state index is 0.0910. The predicted molar refractivity (Wildman–Crippen MR) is 120 cm³/mol. The van der Waals surface area contributed by atoms with Gasteiger partial charge in [0.2, 0.25) is 0 Å². The second kappa shape index (κ2) is 8.34. The Morgan fingerprint density at radius 3 is 2.53 bits per heavy atom. The van der Waals surface area contributed by atoms with Crippen molar-refractivity contribution in [3.05, 3.63) is 83.5 Å². The van der Waals surface area contributed by atoms with Crippen LogP contribution in [0.1, 0.15) is 16.1 Å². The maximum absolute atomic E-state index is 13.1. The molecule has 1 aliphatic heterocycles. The van der Waals surface area contributed by atoms with E-state index in [-0.39, 0.29) is 5.91 Å². The Kier molecular flexibility index (Phi) is 5.26. The highest BCUT2D eigenvalue weighted by Gasteiger charge is 2.24. The Morgan fingerprint density at radius 2 is 1.70 bits per heavy atom. The Balaban J connectivity index is 1.22. The molecule has 1 amide bonds. The van der Waals surface area contributed by atoms with E-state index in [1.54, 1.807) is 17.5 Å². The highest BCUT2D eigenvalue weighted by atomic mass is 32.1. The lowest BCUT2D eigenvalue weighted by Crippen LogP contribution is -2.48. The molecule has 0 N–H and O–H groups in total. The first kappa shape index (κ1) is 18.9. The minimum atomic E-state index is 0.0910. The minimum Gasteiger partial charge on any atom is -0.336 e. The van der Waals surface area contributed by atoms with Gasteiger partial charge >= 0.3 is 0 Å². The van der Waals surface area contributed by atoms with E-state index in [1.165, 1.54) is 0 Å². The van der Waals surface area contributed by atoms with E-state index in [0.717, 1.165) is 65.5 Å². The van der Waals surface area contributed by atoms with E-state index in [9.17, 15) is 4.79 Å². The molecule has 0 aliphatic carbocycles. The molecule has 6 heteroatoms. The number of carbonyl (C=O) groups excluding carboxylic acids is 1. The molecule has 4 aromatic rings. The fraction of sp³-hybridized carbons (Fsp3) is 0.208. The van der Waals surface area contributed by atoms with Gasteiger partial charge in [0.15, 0.2) is 0 Å². The van der Waals surface area contributed by atoms with Crippen LogP contribution in [0, 0.1) is 0 Å². The average molecular weight is 415 g/mol. The first-order valence-electron chi connectivity index (χ1n) is 10.1. The van der Waals surface area contributed by atoms with Crippen LogP contribution in [0.25, 0.3) is 21.5 Å². The SMILES string of the molecule is O=C(c1ccnc2ccccc12)N1CCN(Cc2csc(-c3ccccc3)n2)CC1. The van der Waals surface area contributed by atoms with E-state index in [2.05, 4.69) is 27.4 Å². The predicted octanol–water partition coefficient (Wildman–Crippen LogP) is 4.32. The molecular formula is C24H22N4OS. The molecule has 0 unspecified atom stereocenters. The number of benzene rings is 2. The molecular weight excluding hydrogens is 392 g/mol. The van der Waals surface area contributed by atoms with Gasteiger partial charge in [-0.2, -0.15) is 0 Å². The van der Waals surface area contributed by atoms with Gasteiger partial charge in [-0.1, -0.05) is 48.5 Å². The van der Waals surface area contributed by atoms with E-state index < -0.39 is 0 Å². The normalized spacial score (nSPS) is 14.9. The number of thiazole rings is 1. The lowest BCUT2D eigenvalue weighted by Gasteiger charge is -2.34. The summed E-state index contributed by atoms with van der Waals surface area (Å²) in [6.07, 6.45) is 1.72. The lowest BCUT2D eigenvalue weighted by atomic mass is 10.1. The molecule has 1 saturated heterocycles. The van der Waals surface area contributed by atoms with Crippen LogP contribution in [-0.4, -0.2) is 51.9 Å². The molecule has 2 aromatic carbocycles. The Hall–Kier alpha value is -3.09. The van der Waals surface area contributed by atoms with Crippen molar-refractivity contribution < 1.29 is 4.79 Å². The summed E-state index contributed by atoms with van der Waals surface area (Å²) in [5, 5.41) is 4.12. The fourth-order valence-electron chi connectivity index (χ4n) is 3.88. The average Bonchev–Trinajstić information content (AvgIpc) is 3.28. The number of carbonyl (C=O) groups is 1. The molecule has 1 aliphatic rings. The molecule has 0 saturated carbocycles. The molecule has 0 bridgehead atoms. The zero-order chi connectivity index (χ0) is 20.3. The summed E-state index contributed by atoms with van der Waals surface area (Å²) < 4.78 is 0. The van der Waals surface area contributed by atoms with Gasteiger partial charge < -0.3 is 4.90 Å². The Bertz CT molecular complexity index is 1160. The van der Waals surface area contributed by atoms with E-state index in [0.29, 0.717) is 0 Å². The molecule has 150 valence electrons. The molecule has 3 heterocycles. The molecule has 5 nitrogen and oxygen atoms in total. The zero-order valence-electron chi connectivity index (χ0n) is 16.6. The number of nitrogens with zero attached hydrogens (tertiary/aromatic N) is 4. The van der Waals surface area contributed by atoms with Crippen molar-refractivity contribution in [2.75, 3.05) is 26.2 Å². The summed E-state index contributed by atoms with van der Waals surface area (Å²) in [5.41, 5.74) is 3.85. The number of pyridine rings is 1. The number of hydrogen-bond donors (Lipinski definition) is 0. The third-order valence-electron chi connectivity index (χ3n) is 5.50. The third-order valence-corrected chi connectivity index (χ3v) is 6.44. The van der Waals surface area contributed by atoms with E-state index in [1.807, 2.05) is 53.4 Å². The van der Waals surface area contributed by atoms with E-state index >= 15 is 0 Å². The number of rotatable bonds is 4. The van der Waals surface area contributed by atoms with Gasteiger partial charge in [-0.05, 0) is 12.1 Å². The first-order valence-corrected chi connectivity index (χ1v) is 11.0. The second-order valence-corrected chi connectivity index (χ2v) is 8.31. The number of fused-ring (bicyclic) bond motifs is 1. The summed E-state index contributed by atoms with van der Waals surface area (Å²) in [5.74, 6) is 0.0910. The molecule has 0 atom stereocenters. The summed E-state index contributed by atoms with van der Waals surface area (Å²) in [6, 6.07) is 19.9. The van der Waals surface area contributed by atoms with Crippen molar-refractivity contribution in [2.24, 2.45) is 0 Å². The van der Waals surface area contributed by atoms with Crippen molar-refractivity contribution in [2.45, 2.75) is 6.54 Å². The second-order valence-electron chi connectivity index (χ2n) is 7.45. The van der Waals surface area contributed by atoms with Gasteiger partial charge in [-0.3, -0.25) is 14.7 Å². The van der Waals surface area contributed by atoms with Crippen LogP contribution < -0.4 is 0 Å². The van der Waals surface area contributed by atoms with Gasteiger partial charge in [0.25, 0.3) is 5.91 Å². The highest BCUT2D eigenvalue weighted by Crippen LogP contribution is 2.24. The van der Waals surface area contributed by atoms with Crippen LogP contribution in [0.5, 0.6) is 0 Å². The largest absolute Gasteiger partial charge is 0.336 e. The highest BCUT2D eigenvalue weighted by molar-refractivity contribution is 7.13. The third kappa shape index (κ3) is 3.84. The van der Waals surface area contributed by atoms with Gasteiger partial charge in [0, 0.05) is 55.3 Å². The smallest absolute Gasteiger partial charge is 0.254 e. The Morgan fingerprint density at radius 1 is 0.933 bits per heavy atom. The van der Waals surface area contributed by atoms with Crippen LogP contribution in [-0.2, 0) is 6.54 Å². The Labute approximate surface area is 179 Å². The van der Waals surface area contributed by atoms with Crippen molar-refractivity contribution in [3.8, 4) is 10.6 Å². The molecule has 0 spiro atoms. The van der Waals surface area contributed by atoms with E-state index in [4.69, 9.17) is 4.98 Å². The van der Waals surface area contributed by atoms with Gasteiger partial charge in [0.05, 0.1) is 16.8 Å². The van der Waals surface area contributed by atoms with Crippen LogP contribution in [0.2, 0.25) is 0 Å². The van der Waals surface area contributed by atoms with Crippen LogP contribution in [0.4, 0.5) is 0 Å². The number of piperazine rings is 1. The number of amides is 1. The molecule has 5 rings (SSSR count). The molecule has 2 aromatic heterocycles. The maximum Gasteiger partial charge on any atom is 0.254 e. The quantitative estimate of drug-likeness (QED) is 0.499. The van der Waals surface area contributed by atoms with Crippen molar-refractivity contribution in [1.82, 2.24) is 19.8 Å².